The SMILES string of the molecule is CCOC(C)(C)CNc1nccc(C)c1C(N)=S. The minimum atomic E-state index is -0.256. The highest BCUT2D eigenvalue weighted by Crippen LogP contribution is 2.18. The van der Waals surface area contributed by atoms with E-state index in [0.29, 0.717) is 18.1 Å². The van der Waals surface area contributed by atoms with Crippen LogP contribution in [0.15, 0.2) is 12.3 Å². The van der Waals surface area contributed by atoms with Gasteiger partial charge in [-0.1, -0.05) is 12.2 Å². The van der Waals surface area contributed by atoms with Crippen molar-refractivity contribution in [1.29, 1.82) is 0 Å². The Morgan fingerprint density at radius 3 is 2.78 bits per heavy atom. The predicted octanol–water partition coefficient (Wildman–Crippen LogP) is 2.25. The fourth-order valence-corrected chi connectivity index (χ4v) is 2.00. The van der Waals surface area contributed by atoms with Gasteiger partial charge in [0.1, 0.15) is 10.8 Å². The van der Waals surface area contributed by atoms with E-state index < -0.39 is 0 Å². The van der Waals surface area contributed by atoms with Crippen molar-refractivity contribution in [3.63, 3.8) is 0 Å². The van der Waals surface area contributed by atoms with Crippen molar-refractivity contribution in [2.75, 3.05) is 18.5 Å². The van der Waals surface area contributed by atoms with Crippen LogP contribution in [0.3, 0.4) is 0 Å². The molecule has 0 aliphatic heterocycles. The first-order valence-electron chi connectivity index (χ1n) is 6.00. The zero-order chi connectivity index (χ0) is 13.8. The molecule has 0 fully saturated rings. The number of nitrogens with one attached hydrogen (secondary N) is 1. The fourth-order valence-electron chi connectivity index (χ4n) is 1.74. The monoisotopic (exact) mass is 267 g/mol. The molecule has 18 heavy (non-hydrogen) atoms. The molecular formula is C13H21N3OS. The highest BCUT2D eigenvalue weighted by Gasteiger charge is 2.19. The van der Waals surface area contributed by atoms with Gasteiger partial charge < -0.3 is 15.8 Å². The Hall–Kier alpha value is -1.20. The summed E-state index contributed by atoms with van der Waals surface area (Å²) in [7, 11) is 0. The van der Waals surface area contributed by atoms with E-state index in [1.807, 2.05) is 33.8 Å². The normalized spacial score (nSPS) is 11.3. The number of aryl methyl sites for hydroxylation is 1. The summed E-state index contributed by atoms with van der Waals surface area (Å²) in [6.45, 7) is 9.33. The zero-order valence-corrected chi connectivity index (χ0v) is 12.2. The highest BCUT2D eigenvalue weighted by molar-refractivity contribution is 7.80. The molecule has 0 saturated heterocycles. The van der Waals surface area contributed by atoms with E-state index in [1.165, 1.54) is 0 Å². The van der Waals surface area contributed by atoms with Gasteiger partial charge in [0.25, 0.3) is 0 Å². The van der Waals surface area contributed by atoms with Gasteiger partial charge in [0.2, 0.25) is 0 Å². The van der Waals surface area contributed by atoms with Crippen LogP contribution in [0.1, 0.15) is 31.9 Å². The number of hydrogen-bond acceptors (Lipinski definition) is 4. The quantitative estimate of drug-likeness (QED) is 0.774. The van der Waals surface area contributed by atoms with Gasteiger partial charge in [0.15, 0.2) is 0 Å². The molecular weight excluding hydrogens is 246 g/mol. The molecule has 4 nitrogen and oxygen atoms in total. The molecule has 1 heterocycles. The molecule has 100 valence electrons. The summed E-state index contributed by atoms with van der Waals surface area (Å²) < 4.78 is 5.63. The van der Waals surface area contributed by atoms with Crippen LogP contribution in [0.25, 0.3) is 0 Å². The number of hydrogen-bond donors (Lipinski definition) is 2. The average Bonchev–Trinajstić information content (AvgIpc) is 2.26. The molecule has 0 saturated carbocycles. The van der Waals surface area contributed by atoms with Crippen molar-refractivity contribution in [2.45, 2.75) is 33.3 Å². The molecule has 5 heteroatoms. The Morgan fingerprint density at radius 2 is 2.22 bits per heavy atom. The second kappa shape index (κ2) is 6.11. The first kappa shape index (κ1) is 14.9. The van der Waals surface area contributed by atoms with E-state index in [1.54, 1.807) is 6.20 Å². The lowest BCUT2D eigenvalue weighted by Gasteiger charge is -2.25. The minimum Gasteiger partial charge on any atom is -0.389 e. The maximum absolute atomic E-state index is 5.73. The predicted molar refractivity (Wildman–Crippen MR) is 79.1 cm³/mol. The Morgan fingerprint density at radius 1 is 1.56 bits per heavy atom. The molecule has 3 N–H and O–H groups in total. The number of rotatable bonds is 6. The molecule has 0 bridgehead atoms. The lowest BCUT2D eigenvalue weighted by atomic mass is 10.1. The summed E-state index contributed by atoms with van der Waals surface area (Å²) in [5.41, 5.74) is 7.31. The van der Waals surface area contributed by atoms with E-state index in [2.05, 4.69) is 10.3 Å². The second-order valence-electron chi connectivity index (χ2n) is 4.76. The molecule has 1 aromatic rings. The number of pyridine rings is 1. The van der Waals surface area contributed by atoms with Crippen LogP contribution in [-0.4, -0.2) is 28.7 Å². The minimum absolute atomic E-state index is 0.256. The maximum Gasteiger partial charge on any atom is 0.136 e. The number of anilines is 1. The van der Waals surface area contributed by atoms with Crippen LogP contribution in [-0.2, 0) is 4.74 Å². The van der Waals surface area contributed by atoms with Crippen LogP contribution in [0, 0.1) is 6.92 Å². The van der Waals surface area contributed by atoms with Crippen LogP contribution < -0.4 is 11.1 Å². The maximum atomic E-state index is 5.73. The molecule has 0 atom stereocenters. The van der Waals surface area contributed by atoms with E-state index >= 15 is 0 Å². The van der Waals surface area contributed by atoms with Gasteiger partial charge in [-0.05, 0) is 39.3 Å². The fraction of sp³-hybridized carbons (Fsp3) is 0.538. The Labute approximate surface area is 114 Å². The molecule has 0 aliphatic rings. The molecule has 1 rings (SSSR count). The molecule has 0 aliphatic carbocycles. The summed E-state index contributed by atoms with van der Waals surface area (Å²) in [4.78, 5) is 4.65. The number of aromatic nitrogens is 1. The van der Waals surface area contributed by atoms with Gasteiger partial charge in [-0.2, -0.15) is 0 Å². The summed E-state index contributed by atoms with van der Waals surface area (Å²) in [5, 5.41) is 3.26. The van der Waals surface area contributed by atoms with Gasteiger partial charge in [-0.15, -0.1) is 0 Å². The summed E-state index contributed by atoms with van der Waals surface area (Å²) in [6, 6.07) is 1.90. The summed E-state index contributed by atoms with van der Waals surface area (Å²) in [5.74, 6) is 0.718. The van der Waals surface area contributed by atoms with Gasteiger partial charge in [0, 0.05) is 19.3 Å². The van der Waals surface area contributed by atoms with Crippen molar-refractivity contribution in [3.05, 3.63) is 23.4 Å². The number of thiocarbonyl (C=S) groups is 1. The third-order valence-electron chi connectivity index (χ3n) is 2.62. The van der Waals surface area contributed by atoms with E-state index in [4.69, 9.17) is 22.7 Å². The van der Waals surface area contributed by atoms with Gasteiger partial charge in [-0.25, -0.2) is 4.98 Å². The lowest BCUT2D eigenvalue weighted by molar-refractivity contribution is 0.000640. The summed E-state index contributed by atoms with van der Waals surface area (Å²) in [6.07, 6.45) is 1.74. The number of ether oxygens (including phenoxy) is 1. The third kappa shape index (κ3) is 3.92. The van der Waals surface area contributed by atoms with Gasteiger partial charge >= 0.3 is 0 Å². The Kier molecular flexibility index (Phi) is 5.04. The van der Waals surface area contributed by atoms with Crippen LogP contribution in [0.5, 0.6) is 0 Å². The third-order valence-corrected chi connectivity index (χ3v) is 2.83. The molecule has 0 radical (unpaired) electrons. The number of nitrogens with two attached hydrogens (primary N) is 1. The van der Waals surface area contributed by atoms with Gasteiger partial charge in [0.05, 0.1) is 11.2 Å². The van der Waals surface area contributed by atoms with Crippen LogP contribution >= 0.6 is 12.2 Å². The van der Waals surface area contributed by atoms with E-state index in [0.717, 1.165) is 16.9 Å². The first-order valence-corrected chi connectivity index (χ1v) is 6.41. The highest BCUT2D eigenvalue weighted by atomic mass is 32.1. The standard InChI is InChI=1S/C13H21N3OS/c1-5-17-13(3,4)8-16-12-10(11(14)18)9(2)6-7-15-12/h6-7H,5,8H2,1-4H3,(H2,14,18)(H,15,16). The van der Waals surface area contributed by atoms with E-state index in [-0.39, 0.29) is 5.60 Å². The number of nitrogens with zero attached hydrogens (tertiary/aromatic N) is 1. The van der Waals surface area contributed by atoms with Crippen molar-refractivity contribution in [1.82, 2.24) is 4.98 Å². The van der Waals surface area contributed by atoms with Crippen molar-refractivity contribution >= 4 is 23.0 Å². The lowest BCUT2D eigenvalue weighted by Crippen LogP contribution is -2.34. The summed E-state index contributed by atoms with van der Waals surface area (Å²) >= 11 is 5.06. The van der Waals surface area contributed by atoms with Crippen LogP contribution in [0.2, 0.25) is 0 Å². The van der Waals surface area contributed by atoms with Crippen molar-refractivity contribution in [3.8, 4) is 0 Å². The van der Waals surface area contributed by atoms with Crippen molar-refractivity contribution < 1.29 is 4.74 Å². The molecule has 0 unspecified atom stereocenters. The smallest absolute Gasteiger partial charge is 0.136 e. The Bertz CT molecular complexity index is 432. The first-order chi connectivity index (χ1) is 8.37. The second-order valence-corrected chi connectivity index (χ2v) is 5.20. The Balaban J connectivity index is 2.85. The molecule has 0 aromatic carbocycles. The van der Waals surface area contributed by atoms with Crippen LogP contribution in [0.4, 0.5) is 5.82 Å². The largest absolute Gasteiger partial charge is 0.389 e. The topological polar surface area (TPSA) is 60.2 Å². The molecule has 0 spiro atoms. The zero-order valence-electron chi connectivity index (χ0n) is 11.4. The average molecular weight is 267 g/mol. The molecule has 0 amide bonds. The van der Waals surface area contributed by atoms with Crippen molar-refractivity contribution in [2.24, 2.45) is 5.73 Å². The molecule has 1 aromatic heterocycles. The van der Waals surface area contributed by atoms with Gasteiger partial charge in [-0.3, -0.25) is 0 Å². The van der Waals surface area contributed by atoms with E-state index in [9.17, 15) is 0 Å².